The zero-order valence-electron chi connectivity index (χ0n) is 7.09. The number of nitrogens with zero attached hydrogens (tertiary/aromatic N) is 1. The van der Waals surface area contributed by atoms with Crippen LogP contribution in [0.5, 0.6) is 0 Å². The number of aromatic nitrogens is 1. The van der Waals surface area contributed by atoms with E-state index in [1.54, 1.807) is 12.3 Å². The summed E-state index contributed by atoms with van der Waals surface area (Å²) in [6.45, 7) is 0. The molecule has 0 aliphatic carbocycles. The van der Waals surface area contributed by atoms with E-state index in [2.05, 4.69) is 20.9 Å². The molecule has 2 aromatic rings. The number of nitrogens with two attached hydrogens (primary N) is 2. The Hall–Kier alpha value is -1.00. The zero-order chi connectivity index (χ0) is 10.3. The summed E-state index contributed by atoms with van der Waals surface area (Å²) in [6, 6.07) is 3.57. The quantitative estimate of drug-likeness (QED) is 0.572. The zero-order valence-corrected chi connectivity index (χ0v) is 9.43. The number of hydrogen-bond donors (Lipinski definition) is 2. The van der Waals surface area contributed by atoms with Gasteiger partial charge in [0.1, 0.15) is 5.15 Å². The third-order valence-electron chi connectivity index (χ3n) is 2.02. The van der Waals surface area contributed by atoms with Crippen LogP contribution < -0.4 is 11.5 Å². The van der Waals surface area contributed by atoms with E-state index in [1.165, 1.54) is 0 Å². The van der Waals surface area contributed by atoms with Gasteiger partial charge < -0.3 is 11.5 Å². The summed E-state index contributed by atoms with van der Waals surface area (Å²) in [5.74, 6) is 0. The topological polar surface area (TPSA) is 64.9 Å². The van der Waals surface area contributed by atoms with Gasteiger partial charge in [0, 0.05) is 21.4 Å². The van der Waals surface area contributed by atoms with Crippen molar-refractivity contribution in [3.8, 4) is 0 Å². The lowest BCUT2D eigenvalue weighted by Gasteiger charge is -2.07. The van der Waals surface area contributed by atoms with Gasteiger partial charge in [0.15, 0.2) is 0 Å². The first-order valence-corrected chi connectivity index (χ1v) is 5.05. The molecule has 0 aliphatic rings. The molecule has 2 rings (SSSR count). The smallest absolute Gasteiger partial charge is 0.129 e. The Balaban J connectivity index is 2.92. The van der Waals surface area contributed by atoms with Crippen LogP contribution in [0.15, 0.2) is 22.8 Å². The molecule has 0 amide bonds. The summed E-state index contributed by atoms with van der Waals surface area (Å²) >= 11 is 9.08. The molecule has 0 fully saturated rings. The number of hydrogen-bond acceptors (Lipinski definition) is 3. The summed E-state index contributed by atoms with van der Waals surface area (Å²) in [7, 11) is 0. The molecule has 1 heterocycles. The van der Waals surface area contributed by atoms with Crippen LogP contribution in [-0.2, 0) is 0 Å². The van der Waals surface area contributed by atoms with Gasteiger partial charge in [0.25, 0.3) is 0 Å². The Morgan fingerprint density at radius 2 is 1.93 bits per heavy atom. The van der Waals surface area contributed by atoms with Crippen molar-refractivity contribution in [2.75, 3.05) is 11.5 Å². The van der Waals surface area contributed by atoms with Gasteiger partial charge in [-0.15, -0.1) is 0 Å². The first-order chi connectivity index (χ1) is 6.59. The highest BCUT2D eigenvalue weighted by molar-refractivity contribution is 9.10. The average molecular weight is 273 g/mol. The van der Waals surface area contributed by atoms with E-state index >= 15 is 0 Å². The van der Waals surface area contributed by atoms with Crippen LogP contribution in [0.3, 0.4) is 0 Å². The molecule has 0 unspecified atom stereocenters. The second kappa shape index (κ2) is 3.29. The third kappa shape index (κ3) is 1.40. The Bertz CT molecular complexity index is 513. The van der Waals surface area contributed by atoms with Crippen molar-refractivity contribution in [2.24, 2.45) is 0 Å². The molecule has 0 atom stereocenters. The maximum absolute atomic E-state index is 5.85. The lowest BCUT2D eigenvalue weighted by Crippen LogP contribution is -1.97. The summed E-state index contributed by atoms with van der Waals surface area (Å²) in [5, 5.41) is 2.14. The number of anilines is 2. The molecule has 1 aromatic heterocycles. The third-order valence-corrected chi connectivity index (χ3v) is 2.88. The van der Waals surface area contributed by atoms with Gasteiger partial charge in [0.05, 0.1) is 11.4 Å². The monoisotopic (exact) mass is 271 g/mol. The van der Waals surface area contributed by atoms with E-state index in [4.69, 9.17) is 23.1 Å². The minimum Gasteiger partial charge on any atom is -0.397 e. The Labute approximate surface area is 94.2 Å². The van der Waals surface area contributed by atoms with Crippen LogP contribution in [0.25, 0.3) is 10.8 Å². The lowest BCUT2D eigenvalue weighted by molar-refractivity contribution is 1.36. The normalized spacial score (nSPS) is 10.7. The van der Waals surface area contributed by atoms with Gasteiger partial charge in [-0.25, -0.2) is 4.98 Å². The van der Waals surface area contributed by atoms with Crippen LogP contribution in [0.2, 0.25) is 5.15 Å². The van der Waals surface area contributed by atoms with Crippen molar-refractivity contribution >= 4 is 49.7 Å². The number of pyridine rings is 1. The van der Waals surface area contributed by atoms with Crippen LogP contribution in [0, 0.1) is 0 Å². The molecule has 0 spiro atoms. The number of benzene rings is 1. The van der Waals surface area contributed by atoms with Crippen molar-refractivity contribution in [1.82, 2.24) is 4.98 Å². The highest BCUT2D eigenvalue weighted by Gasteiger charge is 2.07. The number of fused-ring (bicyclic) bond motifs is 1. The molecule has 0 bridgehead atoms. The second-order valence-corrected chi connectivity index (χ2v) is 4.16. The Morgan fingerprint density at radius 1 is 1.21 bits per heavy atom. The minimum atomic E-state index is 0.408. The molecule has 4 N–H and O–H groups in total. The van der Waals surface area contributed by atoms with Gasteiger partial charge in [-0.2, -0.15) is 0 Å². The summed E-state index contributed by atoms with van der Waals surface area (Å²) in [6.07, 6.45) is 1.66. The molecule has 3 nitrogen and oxygen atoms in total. The fraction of sp³-hybridized carbons (Fsp3) is 0. The van der Waals surface area contributed by atoms with Gasteiger partial charge in [-0.1, -0.05) is 11.6 Å². The van der Waals surface area contributed by atoms with Crippen LogP contribution in [0.4, 0.5) is 11.4 Å². The van der Waals surface area contributed by atoms with Gasteiger partial charge >= 0.3 is 0 Å². The summed E-state index contributed by atoms with van der Waals surface area (Å²) in [4.78, 5) is 3.97. The molecule has 72 valence electrons. The molecule has 14 heavy (non-hydrogen) atoms. The molecule has 0 saturated carbocycles. The average Bonchev–Trinajstić information content (AvgIpc) is 2.16. The van der Waals surface area contributed by atoms with Crippen LogP contribution >= 0.6 is 27.5 Å². The lowest BCUT2D eigenvalue weighted by atomic mass is 10.1. The van der Waals surface area contributed by atoms with E-state index < -0.39 is 0 Å². The molecule has 0 aliphatic heterocycles. The van der Waals surface area contributed by atoms with Crippen molar-refractivity contribution < 1.29 is 0 Å². The summed E-state index contributed by atoms with van der Waals surface area (Å²) < 4.78 is 0.770. The number of rotatable bonds is 0. The fourth-order valence-corrected chi connectivity index (χ4v) is 1.89. The van der Waals surface area contributed by atoms with Crippen molar-refractivity contribution in [3.63, 3.8) is 0 Å². The molecular weight excluding hydrogens is 265 g/mol. The first kappa shape index (κ1) is 9.55. The standard InChI is InChI=1S/C9H7BrClN3/c10-6-1-4-3-14-7(11)2-5(4)8(12)9(6)13/h1-3H,12-13H2. The second-order valence-electron chi connectivity index (χ2n) is 2.91. The molecule has 5 heteroatoms. The molecular formula is C9H7BrClN3. The Morgan fingerprint density at radius 3 is 2.64 bits per heavy atom. The number of nitrogen functional groups attached to an aromatic ring is 2. The summed E-state index contributed by atoms with van der Waals surface area (Å²) in [5.41, 5.74) is 12.7. The Kier molecular flexibility index (Phi) is 2.25. The maximum Gasteiger partial charge on any atom is 0.129 e. The van der Waals surface area contributed by atoms with E-state index in [0.29, 0.717) is 16.5 Å². The van der Waals surface area contributed by atoms with Crippen molar-refractivity contribution in [3.05, 3.63) is 28.0 Å². The van der Waals surface area contributed by atoms with Gasteiger partial charge in [0.2, 0.25) is 0 Å². The number of halogens is 2. The van der Waals surface area contributed by atoms with Crippen molar-refractivity contribution in [2.45, 2.75) is 0 Å². The largest absolute Gasteiger partial charge is 0.397 e. The molecule has 1 aromatic carbocycles. The van der Waals surface area contributed by atoms with E-state index in [-0.39, 0.29) is 0 Å². The predicted molar refractivity (Wildman–Crippen MR) is 63.3 cm³/mol. The van der Waals surface area contributed by atoms with Gasteiger partial charge in [-0.3, -0.25) is 0 Å². The van der Waals surface area contributed by atoms with E-state index in [9.17, 15) is 0 Å². The first-order valence-electron chi connectivity index (χ1n) is 3.88. The maximum atomic E-state index is 5.85. The highest BCUT2D eigenvalue weighted by atomic mass is 79.9. The highest BCUT2D eigenvalue weighted by Crippen LogP contribution is 2.34. The molecule has 0 saturated heterocycles. The fourth-order valence-electron chi connectivity index (χ4n) is 1.28. The minimum absolute atomic E-state index is 0.408. The van der Waals surface area contributed by atoms with E-state index in [0.717, 1.165) is 15.2 Å². The van der Waals surface area contributed by atoms with Gasteiger partial charge in [-0.05, 0) is 28.1 Å². The van der Waals surface area contributed by atoms with Crippen LogP contribution in [-0.4, -0.2) is 4.98 Å². The molecule has 0 radical (unpaired) electrons. The predicted octanol–water partition coefficient (Wildman–Crippen LogP) is 2.82. The van der Waals surface area contributed by atoms with E-state index in [1.807, 2.05) is 6.07 Å². The van der Waals surface area contributed by atoms with Crippen LogP contribution in [0.1, 0.15) is 0 Å². The SMILES string of the molecule is Nc1c(Br)cc2cnc(Cl)cc2c1N. The van der Waals surface area contributed by atoms with Crippen molar-refractivity contribution in [1.29, 1.82) is 0 Å².